The van der Waals surface area contributed by atoms with Crippen molar-refractivity contribution in [2.24, 2.45) is 13.0 Å². The predicted octanol–water partition coefficient (Wildman–Crippen LogP) is 3.39. The van der Waals surface area contributed by atoms with Crippen LogP contribution in [0.25, 0.3) is 0 Å². The molecule has 0 radical (unpaired) electrons. The van der Waals surface area contributed by atoms with Crippen LogP contribution in [0.3, 0.4) is 0 Å². The molecule has 1 aromatic heterocycles. The summed E-state index contributed by atoms with van der Waals surface area (Å²) in [6, 6.07) is 8.36. The van der Waals surface area contributed by atoms with E-state index in [1.165, 1.54) is 10.6 Å². The topological polar surface area (TPSA) is 78.1 Å². The molecule has 2 aliphatic rings. The van der Waals surface area contributed by atoms with Gasteiger partial charge in [0.25, 0.3) is 5.56 Å². The molecule has 1 saturated heterocycles. The minimum Gasteiger partial charge on any atom is -0.335 e. The maximum atomic E-state index is 14.7. The lowest BCUT2D eigenvalue weighted by atomic mass is 9.80. The van der Waals surface area contributed by atoms with Gasteiger partial charge in [-0.1, -0.05) is 6.07 Å². The molecule has 6 nitrogen and oxygen atoms in total. The van der Waals surface area contributed by atoms with Gasteiger partial charge in [-0.3, -0.25) is 9.59 Å². The van der Waals surface area contributed by atoms with Gasteiger partial charge in [-0.2, -0.15) is 5.26 Å². The van der Waals surface area contributed by atoms with Crippen molar-refractivity contribution >= 4 is 5.91 Å². The molecule has 0 bridgehead atoms. The van der Waals surface area contributed by atoms with E-state index in [0.717, 1.165) is 31.4 Å². The van der Waals surface area contributed by atoms with Gasteiger partial charge in [0.15, 0.2) is 11.6 Å². The predicted molar refractivity (Wildman–Crippen MR) is 124 cm³/mol. The number of hydrogen-bond donors (Lipinski definition) is 1. The molecule has 2 atom stereocenters. The number of carbonyl (C=O) groups excluding carboxylic acids is 1. The van der Waals surface area contributed by atoms with Gasteiger partial charge >= 0.3 is 0 Å². The smallest absolute Gasteiger partial charge is 0.250 e. The molecule has 2 fully saturated rings. The molecule has 1 amide bonds. The third kappa shape index (κ3) is 5.36. The fourth-order valence-corrected chi connectivity index (χ4v) is 4.82. The number of aromatic nitrogens is 1. The largest absolute Gasteiger partial charge is 0.335 e. The lowest BCUT2D eigenvalue weighted by molar-refractivity contribution is -0.138. The first-order valence-electron chi connectivity index (χ1n) is 11.9. The Labute approximate surface area is 198 Å². The maximum absolute atomic E-state index is 14.7. The van der Waals surface area contributed by atoms with E-state index in [9.17, 15) is 18.4 Å². The Morgan fingerprint density at radius 2 is 2.06 bits per heavy atom. The Morgan fingerprint density at radius 3 is 2.76 bits per heavy atom. The summed E-state index contributed by atoms with van der Waals surface area (Å²) < 4.78 is 30.6. The number of halogens is 2. The van der Waals surface area contributed by atoms with Crippen LogP contribution in [0, 0.1) is 28.9 Å². The van der Waals surface area contributed by atoms with Gasteiger partial charge in [-0.25, -0.2) is 8.78 Å². The van der Waals surface area contributed by atoms with Crippen molar-refractivity contribution in [1.82, 2.24) is 14.8 Å². The summed E-state index contributed by atoms with van der Waals surface area (Å²) in [5.74, 6) is -2.43. The first-order valence-corrected chi connectivity index (χ1v) is 11.9. The zero-order valence-corrected chi connectivity index (χ0v) is 19.4. The second-order valence-corrected chi connectivity index (χ2v) is 9.37. The first-order chi connectivity index (χ1) is 16.4. The average Bonchev–Trinajstić information content (AvgIpc) is 3.67. The SMILES string of the molecule is Cn1ccc([C@H]2CCNC[C@@H]2C(=O)N(Cc2cc(CCCC#N)cc(F)c2F)C2CC2)cc1=O. The molecule has 8 heteroatoms. The quantitative estimate of drug-likeness (QED) is 0.603. The van der Waals surface area contributed by atoms with Crippen molar-refractivity contribution in [3.63, 3.8) is 0 Å². The van der Waals surface area contributed by atoms with Crippen LogP contribution in [0.1, 0.15) is 54.7 Å². The normalized spacial score (nSPS) is 20.1. The molecule has 0 unspecified atom stereocenters. The Morgan fingerprint density at radius 1 is 1.26 bits per heavy atom. The van der Waals surface area contributed by atoms with Gasteiger partial charge in [0.1, 0.15) is 0 Å². The van der Waals surface area contributed by atoms with Gasteiger partial charge in [-0.15, -0.1) is 0 Å². The molecular formula is C26H30F2N4O2. The second kappa shape index (κ2) is 10.5. The van der Waals surface area contributed by atoms with Crippen molar-refractivity contribution < 1.29 is 13.6 Å². The third-order valence-electron chi connectivity index (χ3n) is 6.88. The number of amides is 1. The summed E-state index contributed by atoms with van der Waals surface area (Å²) in [6.45, 7) is 1.24. The Hall–Kier alpha value is -3.05. The zero-order valence-electron chi connectivity index (χ0n) is 19.4. The first kappa shape index (κ1) is 24.1. The zero-order chi connectivity index (χ0) is 24.2. The van der Waals surface area contributed by atoms with Crippen LogP contribution in [0.15, 0.2) is 35.3 Å². The highest BCUT2D eigenvalue weighted by molar-refractivity contribution is 5.81. The number of nitrogens with one attached hydrogen (secondary N) is 1. The number of carbonyl (C=O) groups is 1. The Bertz CT molecular complexity index is 1150. The number of benzene rings is 1. The lowest BCUT2D eigenvalue weighted by Crippen LogP contribution is -2.47. The molecule has 0 spiro atoms. The summed E-state index contributed by atoms with van der Waals surface area (Å²) in [5.41, 5.74) is 1.52. The monoisotopic (exact) mass is 468 g/mol. The molecule has 1 N–H and O–H groups in total. The van der Waals surface area contributed by atoms with Crippen LogP contribution in [-0.4, -0.2) is 34.5 Å². The average molecular weight is 469 g/mol. The Balaban J connectivity index is 1.58. The van der Waals surface area contributed by atoms with Crippen LogP contribution in [0.2, 0.25) is 0 Å². The van der Waals surface area contributed by atoms with Crippen molar-refractivity contribution in [2.75, 3.05) is 13.1 Å². The van der Waals surface area contributed by atoms with Gasteiger partial charge < -0.3 is 14.8 Å². The molecule has 2 heterocycles. The van der Waals surface area contributed by atoms with E-state index in [2.05, 4.69) is 11.4 Å². The van der Waals surface area contributed by atoms with Crippen molar-refractivity contribution in [2.45, 2.75) is 57.0 Å². The van der Waals surface area contributed by atoms with Crippen LogP contribution in [0.5, 0.6) is 0 Å². The minimum atomic E-state index is -0.926. The van der Waals surface area contributed by atoms with Gasteiger partial charge in [0.2, 0.25) is 5.91 Å². The maximum Gasteiger partial charge on any atom is 0.250 e. The molecule has 1 aliphatic heterocycles. The number of unbranched alkanes of at least 4 members (excludes halogenated alkanes) is 1. The number of hydrogen-bond acceptors (Lipinski definition) is 4. The van der Waals surface area contributed by atoms with E-state index in [4.69, 9.17) is 5.26 Å². The highest BCUT2D eigenvalue weighted by Crippen LogP contribution is 2.36. The van der Waals surface area contributed by atoms with Crippen molar-refractivity contribution in [1.29, 1.82) is 5.26 Å². The van der Waals surface area contributed by atoms with E-state index in [-0.39, 0.29) is 41.5 Å². The van der Waals surface area contributed by atoms with Crippen molar-refractivity contribution in [3.05, 3.63) is 69.1 Å². The lowest BCUT2D eigenvalue weighted by Gasteiger charge is -2.36. The van der Waals surface area contributed by atoms with E-state index in [0.29, 0.717) is 31.4 Å². The number of rotatable bonds is 8. The highest BCUT2D eigenvalue weighted by atomic mass is 19.2. The number of piperidine rings is 1. The summed E-state index contributed by atoms with van der Waals surface area (Å²) in [5, 5.41) is 12.0. The number of nitrogens with zero attached hydrogens (tertiary/aromatic N) is 3. The van der Waals surface area contributed by atoms with Gasteiger partial charge in [0.05, 0.1) is 12.0 Å². The van der Waals surface area contributed by atoms with Crippen LogP contribution >= 0.6 is 0 Å². The molecule has 1 saturated carbocycles. The van der Waals surface area contributed by atoms with Crippen molar-refractivity contribution in [3.8, 4) is 6.07 Å². The van der Waals surface area contributed by atoms with Gasteiger partial charge in [-0.05, 0) is 67.8 Å². The van der Waals surface area contributed by atoms with Crippen LogP contribution in [0.4, 0.5) is 8.78 Å². The third-order valence-corrected chi connectivity index (χ3v) is 6.88. The fraction of sp³-hybridized carbons (Fsp3) is 0.500. The summed E-state index contributed by atoms with van der Waals surface area (Å²) in [4.78, 5) is 27.7. The molecular weight excluding hydrogens is 438 g/mol. The standard InChI is InChI=1S/C26H30F2N4O2/c1-31-11-8-18(14-24(31)33)21-7-10-30-15-22(21)26(34)32(20-5-6-20)16-19-12-17(4-2-3-9-29)13-23(27)25(19)28/h8,11-14,20-22,30H,2-7,10,15-16H2,1H3/t21-,22+/m1/s1. The molecule has 1 aromatic carbocycles. The molecule has 4 rings (SSSR count). The van der Waals surface area contributed by atoms with Gasteiger partial charge in [0, 0.05) is 50.4 Å². The second-order valence-electron chi connectivity index (χ2n) is 9.37. The summed E-state index contributed by atoms with van der Waals surface area (Å²) in [6.07, 6.45) is 5.52. The van der Waals surface area contributed by atoms with E-state index >= 15 is 0 Å². The number of aryl methyl sites for hydroxylation is 2. The molecule has 1 aliphatic carbocycles. The number of pyridine rings is 1. The molecule has 2 aromatic rings. The number of nitriles is 1. The molecule has 34 heavy (non-hydrogen) atoms. The minimum absolute atomic E-state index is 0.0120. The van der Waals surface area contributed by atoms with E-state index < -0.39 is 11.6 Å². The van der Waals surface area contributed by atoms with E-state index in [1.54, 1.807) is 30.3 Å². The Kier molecular flexibility index (Phi) is 7.42. The fourth-order valence-electron chi connectivity index (χ4n) is 4.82. The van der Waals surface area contributed by atoms with Crippen LogP contribution in [-0.2, 0) is 24.8 Å². The van der Waals surface area contributed by atoms with Crippen LogP contribution < -0.4 is 10.9 Å². The van der Waals surface area contributed by atoms with E-state index in [1.807, 2.05) is 6.07 Å². The summed E-state index contributed by atoms with van der Waals surface area (Å²) >= 11 is 0. The molecule has 180 valence electrons. The summed E-state index contributed by atoms with van der Waals surface area (Å²) in [7, 11) is 1.69. The highest BCUT2D eigenvalue weighted by Gasteiger charge is 2.40.